The molecule has 0 spiro atoms. The lowest BCUT2D eigenvalue weighted by Gasteiger charge is -2.22. The summed E-state index contributed by atoms with van der Waals surface area (Å²) in [5.74, 6) is -0.796. The minimum Gasteiger partial charge on any atom is -0.358 e. The van der Waals surface area contributed by atoms with E-state index in [-0.39, 0.29) is 12.5 Å². The number of carbonyl (C=O) groups excluding carboxylic acids is 3. The summed E-state index contributed by atoms with van der Waals surface area (Å²) in [6.07, 6.45) is 2.02. The Morgan fingerprint density at radius 3 is 2.45 bits per heavy atom. The fraction of sp³-hybridized carbons (Fsp3) is 0.438. The molecule has 22 heavy (non-hydrogen) atoms. The van der Waals surface area contributed by atoms with Crippen molar-refractivity contribution in [1.82, 2.24) is 15.5 Å². The minimum absolute atomic E-state index is 0.273. The lowest BCUT2D eigenvalue weighted by molar-refractivity contribution is -0.134. The van der Waals surface area contributed by atoms with Crippen LogP contribution in [0.5, 0.6) is 0 Å². The van der Waals surface area contributed by atoms with E-state index in [0.717, 1.165) is 17.7 Å². The molecule has 0 bridgehead atoms. The van der Waals surface area contributed by atoms with E-state index in [1.54, 1.807) is 6.92 Å². The number of rotatable bonds is 5. The van der Waals surface area contributed by atoms with E-state index < -0.39 is 17.5 Å². The molecular formula is C16H21N3O3. The number of hydrogen-bond acceptors (Lipinski definition) is 3. The first-order valence-electron chi connectivity index (χ1n) is 7.36. The Bertz CT molecular complexity index is 597. The summed E-state index contributed by atoms with van der Waals surface area (Å²) in [5.41, 5.74) is 0.773. The molecule has 2 N–H and O–H groups in total. The molecule has 118 valence electrons. The zero-order chi connectivity index (χ0) is 16.3. The maximum absolute atomic E-state index is 12.6. The second-order valence-electron chi connectivity index (χ2n) is 5.57. The Kier molecular flexibility index (Phi) is 4.49. The first-order valence-corrected chi connectivity index (χ1v) is 7.36. The number of amides is 4. The molecule has 0 saturated carbocycles. The highest BCUT2D eigenvalue weighted by molar-refractivity contribution is 6.09. The molecular weight excluding hydrogens is 282 g/mol. The lowest BCUT2D eigenvalue weighted by Crippen LogP contribution is -2.42. The van der Waals surface area contributed by atoms with Crippen molar-refractivity contribution in [1.29, 1.82) is 0 Å². The fourth-order valence-electron chi connectivity index (χ4n) is 2.55. The molecule has 0 aliphatic carbocycles. The van der Waals surface area contributed by atoms with Crippen LogP contribution < -0.4 is 10.6 Å². The van der Waals surface area contributed by atoms with Gasteiger partial charge in [-0.15, -0.1) is 0 Å². The second kappa shape index (κ2) is 6.17. The van der Waals surface area contributed by atoms with Crippen LogP contribution in [0.15, 0.2) is 24.3 Å². The van der Waals surface area contributed by atoms with Gasteiger partial charge >= 0.3 is 6.03 Å². The summed E-state index contributed by atoms with van der Waals surface area (Å²) < 4.78 is 0. The number of nitrogens with one attached hydrogen (secondary N) is 2. The molecule has 1 aromatic rings. The molecule has 1 aliphatic heterocycles. The van der Waals surface area contributed by atoms with Crippen molar-refractivity contribution in [2.45, 2.75) is 32.2 Å². The largest absolute Gasteiger partial charge is 0.358 e. The Morgan fingerprint density at radius 2 is 1.91 bits per heavy atom. The van der Waals surface area contributed by atoms with E-state index in [9.17, 15) is 14.4 Å². The van der Waals surface area contributed by atoms with Crippen LogP contribution in [0.2, 0.25) is 0 Å². The number of nitrogens with zero attached hydrogens (tertiary/aromatic N) is 1. The number of carbonyl (C=O) groups is 3. The summed E-state index contributed by atoms with van der Waals surface area (Å²) in [4.78, 5) is 37.0. The van der Waals surface area contributed by atoms with Gasteiger partial charge < -0.3 is 10.6 Å². The third-order valence-electron chi connectivity index (χ3n) is 3.93. The maximum atomic E-state index is 12.6. The van der Waals surface area contributed by atoms with E-state index in [4.69, 9.17) is 0 Å². The van der Waals surface area contributed by atoms with Crippen molar-refractivity contribution in [3.8, 4) is 0 Å². The van der Waals surface area contributed by atoms with Gasteiger partial charge in [-0.2, -0.15) is 0 Å². The van der Waals surface area contributed by atoms with Gasteiger partial charge in [-0.25, -0.2) is 4.79 Å². The molecule has 1 fully saturated rings. The molecule has 6 nitrogen and oxygen atoms in total. The predicted octanol–water partition coefficient (Wildman–Crippen LogP) is 1.15. The number of urea groups is 1. The summed E-state index contributed by atoms with van der Waals surface area (Å²) in [6.45, 7) is 3.49. The van der Waals surface area contributed by atoms with Crippen molar-refractivity contribution in [3.63, 3.8) is 0 Å². The van der Waals surface area contributed by atoms with Gasteiger partial charge in [-0.1, -0.05) is 37.6 Å². The summed E-state index contributed by atoms with van der Waals surface area (Å²) in [6, 6.07) is 7.09. The molecule has 1 saturated heterocycles. The van der Waals surface area contributed by atoms with Crippen molar-refractivity contribution in [2.24, 2.45) is 0 Å². The van der Waals surface area contributed by atoms with E-state index in [1.165, 1.54) is 12.6 Å². The van der Waals surface area contributed by atoms with Crippen LogP contribution in [-0.2, 0) is 21.5 Å². The molecule has 0 unspecified atom stereocenters. The highest BCUT2D eigenvalue weighted by Crippen LogP contribution is 2.29. The van der Waals surface area contributed by atoms with Gasteiger partial charge in [0.2, 0.25) is 5.91 Å². The van der Waals surface area contributed by atoms with Crippen LogP contribution in [0.25, 0.3) is 0 Å². The number of benzene rings is 1. The van der Waals surface area contributed by atoms with Crippen molar-refractivity contribution in [3.05, 3.63) is 35.4 Å². The third-order valence-corrected chi connectivity index (χ3v) is 3.93. The van der Waals surface area contributed by atoms with Crippen LogP contribution in [0, 0.1) is 0 Å². The van der Waals surface area contributed by atoms with Gasteiger partial charge in [0.25, 0.3) is 5.91 Å². The standard InChI is InChI=1S/C16H21N3O3/c1-4-5-11-6-8-12(9-7-11)16(2)14(21)19(15(22)18-16)10-13(20)17-3/h6-9H,4-5,10H2,1-3H3,(H,17,20)(H,18,22)/t16-/m0/s1. The van der Waals surface area contributed by atoms with Crippen LogP contribution in [0.4, 0.5) is 4.79 Å². The van der Waals surface area contributed by atoms with Gasteiger partial charge in [0.15, 0.2) is 0 Å². The molecule has 0 radical (unpaired) electrons. The Morgan fingerprint density at radius 1 is 1.27 bits per heavy atom. The average Bonchev–Trinajstić information content (AvgIpc) is 2.72. The molecule has 2 rings (SSSR count). The van der Waals surface area contributed by atoms with E-state index in [1.807, 2.05) is 24.3 Å². The van der Waals surface area contributed by atoms with Crippen molar-refractivity contribution in [2.75, 3.05) is 13.6 Å². The third kappa shape index (κ3) is 2.81. The maximum Gasteiger partial charge on any atom is 0.325 e. The molecule has 1 aromatic carbocycles. The smallest absolute Gasteiger partial charge is 0.325 e. The normalized spacial score (nSPS) is 21.0. The van der Waals surface area contributed by atoms with Gasteiger partial charge in [0.05, 0.1) is 0 Å². The number of likely N-dealkylation sites (N-methyl/N-ethyl adjacent to an activating group) is 1. The van der Waals surface area contributed by atoms with Gasteiger partial charge in [0, 0.05) is 7.05 Å². The Balaban J connectivity index is 2.24. The van der Waals surface area contributed by atoms with Crippen LogP contribution in [-0.4, -0.2) is 36.3 Å². The van der Waals surface area contributed by atoms with Crippen LogP contribution >= 0.6 is 0 Å². The number of aryl methyl sites for hydroxylation is 1. The van der Waals surface area contributed by atoms with Crippen LogP contribution in [0.3, 0.4) is 0 Å². The second-order valence-corrected chi connectivity index (χ2v) is 5.57. The highest BCUT2D eigenvalue weighted by atomic mass is 16.2. The van der Waals surface area contributed by atoms with Gasteiger partial charge in [0.1, 0.15) is 12.1 Å². The average molecular weight is 303 g/mol. The molecule has 1 aliphatic rings. The van der Waals surface area contributed by atoms with Crippen LogP contribution in [0.1, 0.15) is 31.4 Å². The van der Waals surface area contributed by atoms with E-state index >= 15 is 0 Å². The zero-order valence-electron chi connectivity index (χ0n) is 13.1. The molecule has 1 atom stereocenters. The summed E-state index contributed by atoms with van der Waals surface area (Å²) in [7, 11) is 1.46. The van der Waals surface area contributed by atoms with E-state index in [0.29, 0.717) is 5.56 Å². The topological polar surface area (TPSA) is 78.5 Å². The Labute approximate surface area is 129 Å². The first kappa shape index (κ1) is 16.0. The molecule has 4 amide bonds. The predicted molar refractivity (Wildman–Crippen MR) is 82.1 cm³/mol. The molecule has 0 aromatic heterocycles. The monoisotopic (exact) mass is 303 g/mol. The first-order chi connectivity index (χ1) is 10.4. The zero-order valence-corrected chi connectivity index (χ0v) is 13.1. The lowest BCUT2D eigenvalue weighted by atomic mass is 9.91. The van der Waals surface area contributed by atoms with E-state index in [2.05, 4.69) is 17.6 Å². The highest BCUT2D eigenvalue weighted by Gasteiger charge is 2.49. The SMILES string of the molecule is CCCc1ccc([C@]2(C)NC(=O)N(CC(=O)NC)C2=O)cc1. The minimum atomic E-state index is -1.13. The quantitative estimate of drug-likeness (QED) is 0.801. The van der Waals surface area contributed by atoms with Gasteiger partial charge in [-0.3, -0.25) is 14.5 Å². The number of imide groups is 1. The van der Waals surface area contributed by atoms with Crippen molar-refractivity contribution < 1.29 is 14.4 Å². The Hall–Kier alpha value is -2.37. The summed E-state index contributed by atoms with van der Waals surface area (Å²) >= 11 is 0. The number of hydrogen-bond donors (Lipinski definition) is 2. The molecule has 6 heteroatoms. The summed E-state index contributed by atoms with van der Waals surface area (Å²) in [5, 5.41) is 5.09. The van der Waals surface area contributed by atoms with Gasteiger partial charge in [-0.05, 0) is 24.5 Å². The van der Waals surface area contributed by atoms with Crippen molar-refractivity contribution >= 4 is 17.8 Å². The fourth-order valence-corrected chi connectivity index (χ4v) is 2.55. The molecule has 1 heterocycles.